The highest BCUT2D eigenvalue weighted by Gasteiger charge is 2.26. The van der Waals surface area contributed by atoms with E-state index in [9.17, 15) is 4.79 Å². The van der Waals surface area contributed by atoms with Crippen molar-refractivity contribution in [1.29, 1.82) is 0 Å². The average molecular weight is 210 g/mol. The fourth-order valence-electron chi connectivity index (χ4n) is 1.71. The van der Waals surface area contributed by atoms with Gasteiger partial charge in [0.15, 0.2) is 0 Å². The van der Waals surface area contributed by atoms with Crippen molar-refractivity contribution in [1.82, 2.24) is 9.55 Å². The lowest BCUT2D eigenvalue weighted by atomic mass is 10.2. The summed E-state index contributed by atoms with van der Waals surface area (Å²) in [6.07, 6.45) is 3.05. The molecule has 1 aliphatic rings. The molecule has 2 rings (SSSR count). The van der Waals surface area contributed by atoms with Crippen LogP contribution in [0.2, 0.25) is 0 Å². The van der Waals surface area contributed by atoms with Gasteiger partial charge in [-0.1, -0.05) is 0 Å². The standard InChI is InChI=1S/C9H14N4O2/c10-5-6-1-2-8(15-6)13-4-3-7(11)12-9(13)14/h3-4,6,8H,1-2,5,10H2,(H2,11,12,14)/t6-,8+/m0/s1. The normalized spacial score (nSPS) is 25.7. The van der Waals surface area contributed by atoms with E-state index in [2.05, 4.69) is 4.98 Å². The summed E-state index contributed by atoms with van der Waals surface area (Å²) >= 11 is 0. The Kier molecular flexibility index (Phi) is 2.70. The maximum atomic E-state index is 11.5. The minimum absolute atomic E-state index is 0.0412. The van der Waals surface area contributed by atoms with Gasteiger partial charge in [-0.05, 0) is 18.9 Å². The highest BCUT2D eigenvalue weighted by molar-refractivity contribution is 5.23. The molecule has 0 aromatic carbocycles. The van der Waals surface area contributed by atoms with E-state index in [-0.39, 0.29) is 23.8 Å². The first-order valence-electron chi connectivity index (χ1n) is 4.91. The Morgan fingerprint density at radius 3 is 3.00 bits per heavy atom. The van der Waals surface area contributed by atoms with Crippen molar-refractivity contribution < 1.29 is 4.74 Å². The van der Waals surface area contributed by atoms with Gasteiger partial charge in [-0.2, -0.15) is 4.98 Å². The summed E-state index contributed by atoms with van der Waals surface area (Å²) in [4.78, 5) is 15.1. The van der Waals surface area contributed by atoms with Crippen LogP contribution in [0, 0.1) is 0 Å². The first-order valence-corrected chi connectivity index (χ1v) is 4.91. The summed E-state index contributed by atoms with van der Waals surface area (Å²) in [5.41, 5.74) is 10.5. The summed E-state index contributed by atoms with van der Waals surface area (Å²) < 4.78 is 7.02. The van der Waals surface area contributed by atoms with E-state index in [4.69, 9.17) is 16.2 Å². The zero-order valence-corrected chi connectivity index (χ0v) is 8.30. The average Bonchev–Trinajstić information content (AvgIpc) is 2.66. The van der Waals surface area contributed by atoms with Gasteiger partial charge < -0.3 is 16.2 Å². The molecule has 2 heterocycles. The number of anilines is 1. The Morgan fingerprint density at radius 1 is 1.60 bits per heavy atom. The fraction of sp³-hybridized carbons (Fsp3) is 0.556. The molecule has 82 valence electrons. The Bertz CT molecular complexity index is 403. The molecule has 6 heteroatoms. The lowest BCUT2D eigenvalue weighted by Crippen LogP contribution is -2.28. The van der Waals surface area contributed by atoms with Crippen molar-refractivity contribution in [2.75, 3.05) is 12.3 Å². The van der Waals surface area contributed by atoms with Gasteiger partial charge in [0, 0.05) is 12.7 Å². The SMILES string of the molecule is NC[C@@H]1CC[C@H](n2ccc(N)nc2=O)O1. The van der Waals surface area contributed by atoms with E-state index in [1.807, 2.05) is 0 Å². The van der Waals surface area contributed by atoms with Gasteiger partial charge in [-0.25, -0.2) is 4.79 Å². The molecule has 0 unspecified atom stereocenters. The minimum atomic E-state index is -0.377. The van der Waals surface area contributed by atoms with Gasteiger partial charge >= 0.3 is 5.69 Å². The molecular weight excluding hydrogens is 196 g/mol. The van der Waals surface area contributed by atoms with Crippen LogP contribution in [0.1, 0.15) is 19.1 Å². The lowest BCUT2D eigenvalue weighted by Gasteiger charge is -2.14. The van der Waals surface area contributed by atoms with Crippen LogP contribution >= 0.6 is 0 Å². The van der Waals surface area contributed by atoms with Gasteiger partial charge in [0.2, 0.25) is 0 Å². The van der Waals surface area contributed by atoms with Crippen LogP contribution in [-0.2, 0) is 4.74 Å². The summed E-state index contributed by atoms with van der Waals surface area (Å²) in [6, 6.07) is 1.58. The monoisotopic (exact) mass is 210 g/mol. The smallest absolute Gasteiger partial charge is 0.351 e. The zero-order valence-electron chi connectivity index (χ0n) is 8.30. The molecule has 1 fully saturated rings. The summed E-state index contributed by atoms with van der Waals surface area (Å²) in [5, 5.41) is 0. The second kappa shape index (κ2) is 4.00. The first kappa shape index (κ1) is 10.1. The Morgan fingerprint density at radius 2 is 2.40 bits per heavy atom. The molecule has 15 heavy (non-hydrogen) atoms. The molecule has 0 aliphatic carbocycles. The summed E-state index contributed by atoms with van der Waals surface area (Å²) in [6.45, 7) is 0.480. The number of rotatable bonds is 2. The number of nitrogens with two attached hydrogens (primary N) is 2. The van der Waals surface area contributed by atoms with Crippen LogP contribution in [0.25, 0.3) is 0 Å². The number of hydrogen-bond donors (Lipinski definition) is 2. The third-order valence-corrected chi connectivity index (χ3v) is 2.51. The predicted octanol–water partition coefficient (Wildman–Crippen LogP) is -0.538. The molecule has 0 bridgehead atoms. The van der Waals surface area contributed by atoms with Crippen molar-refractivity contribution in [3.05, 3.63) is 22.7 Å². The predicted molar refractivity (Wildman–Crippen MR) is 55.1 cm³/mol. The number of ether oxygens (including phenoxy) is 1. The third kappa shape index (κ3) is 2.00. The van der Waals surface area contributed by atoms with Gasteiger partial charge in [-0.3, -0.25) is 4.57 Å². The van der Waals surface area contributed by atoms with Gasteiger partial charge in [0.05, 0.1) is 6.10 Å². The summed E-state index contributed by atoms with van der Waals surface area (Å²) in [7, 11) is 0. The van der Waals surface area contributed by atoms with Crippen molar-refractivity contribution in [3.8, 4) is 0 Å². The first-order chi connectivity index (χ1) is 7.20. The molecule has 2 atom stereocenters. The largest absolute Gasteiger partial charge is 0.383 e. The van der Waals surface area contributed by atoms with Crippen LogP contribution in [0.4, 0.5) is 5.82 Å². The minimum Gasteiger partial charge on any atom is -0.383 e. The molecule has 0 spiro atoms. The molecule has 6 nitrogen and oxygen atoms in total. The quantitative estimate of drug-likeness (QED) is 0.683. The molecule has 0 amide bonds. The van der Waals surface area contributed by atoms with E-state index in [0.717, 1.165) is 12.8 Å². The van der Waals surface area contributed by atoms with Crippen molar-refractivity contribution >= 4 is 5.82 Å². The number of hydrogen-bond acceptors (Lipinski definition) is 5. The van der Waals surface area contributed by atoms with Crippen LogP contribution < -0.4 is 17.2 Å². The number of nitrogens with zero attached hydrogens (tertiary/aromatic N) is 2. The van der Waals surface area contributed by atoms with Gasteiger partial charge in [0.1, 0.15) is 12.0 Å². The lowest BCUT2D eigenvalue weighted by molar-refractivity contribution is 0.00373. The van der Waals surface area contributed by atoms with E-state index < -0.39 is 0 Å². The number of aromatic nitrogens is 2. The summed E-state index contributed by atoms with van der Waals surface area (Å²) in [5.74, 6) is 0.227. The Balaban J connectivity index is 2.20. The van der Waals surface area contributed by atoms with Crippen molar-refractivity contribution in [3.63, 3.8) is 0 Å². The molecule has 1 saturated heterocycles. The molecular formula is C9H14N4O2. The van der Waals surface area contributed by atoms with Gasteiger partial charge in [-0.15, -0.1) is 0 Å². The molecule has 0 radical (unpaired) electrons. The second-order valence-corrected chi connectivity index (χ2v) is 3.57. The highest BCUT2D eigenvalue weighted by atomic mass is 16.5. The second-order valence-electron chi connectivity index (χ2n) is 3.57. The zero-order chi connectivity index (χ0) is 10.8. The maximum Gasteiger partial charge on any atom is 0.351 e. The Labute approximate surface area is 86.9 Å². The van der Waals surface area contributed by atoms with E-state index >= 15 is 0 Å². The van der Waals surface area contributed by atoms with Crippen LogP contribution in [0.15, 0.2) is 17.1 Å². The maximum absolute atomic E-state index is 11.5. The van der Waals surface area contributed by atoms with Gasteiger partial charge in [0.25, 0.3) is 0 Å². The van der Waals surface area contributed by atoms with Crippen LogP contribution in [0.3, 0.4) is 0 Å². The topological polar surface area (TPSA) is 96.2 Å². The van der Waals surface area contributed by atoms with E-state index in [0.29, 0.717) is 6.54 Å². The van der Waals surface area contributed by atoms with E-state index in [1.165, 1.54) is 4.57 Å². The molecule has 1 aromatic heterocycles. The van der Waals surface area contributed by atoms with E-state index in [1.54, 1.807) is 12.3 Å². The molecule has 1 aliphatic heterocycles. The van der Waals surface area contributed by atoms with Crippen molar-refractivity contribution in [2.45, 2.75) is 25.2 Å². The van der Waals surface area contributed by atoms with Crippen LogP contribution in [-0.4, -0.2) is 22.2 Å². The van der Waals surface area contributed by atoms with Crippen molar-refractivity contribution in [2.24, 2.45) is 5.73 Å². The number of nitrogen functional groups attached to an aromatic ring is 1. The fourth-order valence-corrected chi connectivity index (χ4v) is 1.71. The molecule has 0 saturated carbocycles. The third-order valence-electron chi connectivity index (χ3n) is 2.51. The Hall–Kier alpha value is -1.40. The van der Waals surface area contributed by atoms with Crippen LogP contribution in [0.5, 0.6) is 0 Å². The highest BCUT2D eigenvalue weighted by Crippen LogP contribution is 2.26. The molecule has 4 N–H and O–H groups in total. The molecule has 1 aromatic rings.